The fraction of sp³-hybridized carbons (Fsp3) is 0.714. The van der Waals surface area contributed by atoms with Crippen LogP contribution in [0.25, 0.3) is 0 Å². The van der Waals surface area contributed by atoms with Gasteiger partial charge in [-0.05, 0) is 6.08 Å². The minimum atomic E-state index is -1.38. The summed E-state index contributed by atoms with van der Waals surface area (Å²) < 4.78 is 4.54. The molecule has 0 aromatic rings. The van der Waals surface area contributed by atoms with Crippen LogP contribution in [0.1, 0.15) is 6.92 Å². The highest BCUT2D eigenvalue weighted by Gasteiger charge is 2.06. The Labute approximate surface area is 65.7 Å². The number of aliphatic hydroxyl groups is 3. The summed E-state index contributed by atoms with van der Waals surface area (Å²) in [6.07, 6.45) is 2.25. The van der Waals surface area contributed by atoms with E-state index in [-0.39, 0.29) is 6.61 Å². The lowest BCUT2D eigenvalue weighted by molar-refractivity contribution is -0.0903. The third-order valence-electron chi connectivity index (χ3n) is 1.18. The Morgan fingerprint density at radius 1 is 1.55 bits per heavy atom. The van der Waals surface area contributed by atoms with Gasteiger partial charge in [-0.1, -0.05) is 6.92 Å². The Bertz CT molecular complexity index is 105. The Balaban J connectivity index is 0.000000207. The van der Waals surface area contributed by atoms with Crippen molar-refractivity contribution in [2.75, 3.05) is 13.2 Å². The van der Waals surface area contributed by atoms with Crippen LogP contribution in [0.4, 0.5) is 0 Å². The van der Waals surface area contributed by atoms with Gasteiger partial charge in [0, 0.05) is 5.92 Å². The summed E-state index contributed by atoms with van der Waals surface area (Å²) in [6, 6.07) is 0. The van der Waals surface area contributed by atoms with Gasteiger partial charge >= 0.3 is 0 Å². The van der Waals surface area contributed by atoms with E-state index in [1.165, 1.54) is 0 Å². The van der Waals surface area contributed by atoms with Gasteiger partial charge in [-0.2, -0.15) is 0 Å². The molecule has 0 fully saturated rings. The van der Waals surface area contributed by atoms with Gasteiger partial charge in [-0.3, -0.25) is 0 Å². The molecule has 1 atom stereocenters. The van der Waals surface area contributed by atoms with Crippen molar-refractivity contribution in [2.45, 2.75) is 13.2 Å². The quantitative estimate of drug-likeness (QED) is 0.477. The van der Waals surface area contributed by atoms with Crippen molar-refractivity contribution >= 4 is 0 Å². The molecule has 11 heavy (non-hydrogen) atoms. The highest BCUT2D eigenvalue weighted by Crippen LogP contribution is 1.95. The molecule has 3 N–H and O–H groups in total. The van der Waals surface area contributed by atoms with Crippen LogP contribution in [0, 0.1) is 5.92 Å². The van der Waals surface area contributed by atoms with Crippen LogP contribution in [0.2, 0.25) is 0 Å². The molecule has 0 spiro atoms. The monoisotopic (exact) mass is 162 g/mol. The highest BCUT2D eigenvalue weighted by molar-refractivity contribution is 4.81. The zero-order chi connectivity index (χ0) is 8.69. The van der Waals surface area contributed by atoms with Crippen molar-refractivity contribution in [3.63, 3.8) is 0 Å². The van der Waals surface area contributed by atoms with E-state index in [4.69, 9.17) is 15.3 Å². The van der Waals surface area contributed by atoms with Crippen LogP contribution in [-0.2, 0) is 4.74 Å². The van der Waals surface area contributed by atoms with E-state index < -0.39 is 12.2 Å². The number of rotatable bonds is 2. The maximum Gasteiger partial charge on any atom is 0.156 e. The molecule has 1 aliphatic rings. The molecule has 0 radical (unpaired) electrons. The average molecular weight is 162 g/mol. The molecular formula is C7H14O4. The molecule has 1 heterocycles. The van der Waals surface area contributed by atoms with E-state index >= 15 is 0 Å². The van der Waals surface area contributed by atoms with E-state index in [0.717, 1.165) is 6.61 Å². The van der Waals surface area contributed by atoms with Gasteiger partial charge in [0.05, 0.1) is 12.9 Å². The molecule has 1 unspecified atom stereocenters. The first-order valence-electron chi connectivity index (χ1n) is 3.42. The lowest BCUT2D eigenvalue weighted by Gasteiger charge is -2.07. The van der Waals surface area contributed by atoms with Crippen LogP contribution in [-0.4, -0.2) is 34.8 Å². The van der Waals surface area contributed by atoms with Gasteiger partial charge in [0.2, 0.25) is 0 Å². The van der Waals surface area contributed by atoms with E-state index in [1.807, 2.05) is 6.08 Å². The number of hydrogen-bond donors (Lipinski definition) is 3. The molecule has 0 saturated heterocycles. The van der Waals surface area contributed by atoms with Crippen LogP contribution in [0.15, 0.2) is 12.3 Å². The summed E-state index contributed by atoms with van der Waals surface area (Å²) in [5.41, 5.74) is 0. The molecule has 0 aromatic carbocycles. The summed E-state index contributed by atoms with van der Waals surface area (Å²) in [5.74, 6) is -0.431. The van der Waals surface area contributed by atoms with Gasteiger partial charge in [0.15, 0.2) is 6.29 Å². The number of aliphatic hydroxyl groups excluding tert-OH is 2. The van der Waals surface area contributed by atoms with E-state index in [1.54, 1.807) is 13.2 Å². The second-order valence-corrected chi connectivity index (χ2v) is 2.28. The van der Waals surface area contributed by atoms with E-state index in [0.29, 0.717) is 0 Å². The van der Waals surface area contributed by atoms with Gasteiger partial charge in [0.25, 0.3) is 0 Å². The lowest BCUT2D eigenvalue weighted by Crippen LogP contribution is -2.19. The Kier molecular flexibility index (Phi) is 5.83. The third-order valence-corrected chi connectivity index (χ3v) is 1.18. The number of hydrogen-bond acceptors (Lipinski definition) is 4. The Hall–Kier alpha value is -0.580. The Morgan fingerprint density at radius 2 is 1.91 bits per heavy atom. The van der Waals surface area contributed by atoms with E-state index in [9.17, 15) is 0 Å². The van der Waals surface area contributed by atoms with Crippen LogP contribution < -0.4 is 0 Å². The van der Waals surface area contributed by atoms with Gasteiger partial charge in [-0.15, -0.1) is 0 Å². The summed E-state index contributed by atoms with van der Waals surface area (Å²) in [7, 11) is 0. The van der Waals surface area contributed by atoms with Crippen molar-refractivity contribution in [2.24, 2.45) is 5.92 Å². The van der Waals surface area contributed by atoms with Crippen molar-refractivity contribution in [3.8, 4) is 0 Å². The van der Waals surface area contributed by atoms with Gasteiger partial charge in [0.1, 0.15) is 6.61 Å². The van der Waals surface area contributed by atoms with Crippen LogP contribution in [0.5, 0.6) is 0 Å². The summed E-state index contributed by atoms with van der Waals surface area (Å²) in [5, 5.41) is 24.6. The molecule has 0 bridgehead atoms. The van der Waals surface area contributed by atoms with Gasteiger partial charge in [-0.25, -0.2) is 0 Å². The maximum atomic E-state index is 8.22. The molecule has 1 aliphatic heterocycles. The average Bonchev–Trinajstić information content (AvgIpc) is 1.82. The highest BCUT2D eigenvalue weighted by atomic mass is 16.5. The summed E-state index contributed by atoms with van der Waals surface area (Å²) in [4.78, 5) is 0. The second kappa shape index (κ2) is 6.15. The molecule has 4 nitrogen and oxygen atoms in total. The standard InChI is InChI=1S/C4H10O3.C3H4O/c1-3(2-5)4(6)7;1-2-4-3-1/h3-7H,2H2,1H3;1-2H,3H2. The fourth-order valence-corrected chi connectivity index (χ4v) is 0.191. The molecule has 0 amide bonds. The van der Waals surface area contributed by atoms with Crippen molar-refractivity contribution in [1.82, 2.24) is 0 Å². The predicted octanol–water partition coefficient (Wildman–Crippen LogP) is -0.544. The first-order chi connectivity index (χ1) is 5.18. The second-order valence-electron chi connectivity index (χ2n) is 2.28. The smallest absolute Gasteiger partial charge is 0.156 e. The number of ether oxygens (including phenoxy) is 1. The SMILES string of the molecule is C1=COC1.CC(CO)C(O)O. The zero-order valence-electron chi connectivity index (χ0n) is 6.47. The molecule has 4 heteroatoms. The topological polar surface area (TPSA) is 69.9 Å². The lowest BCUT2D eigenvalue weighted by atomic mass is 10.2. The fourth-order valence-electron chi connectivity index (χ4n) is 0.191. The van der Waals surface area contributed by atoms with Crippen LogP contribution in [0.3, 0.4) is 0 Å². The van der Waals surface area contributed by atoms with Gasteiger partial charge < -0.3 is 20.1 Å². The molecule has 0 aliphatic carbocycles. The third kappa shape index (κ3) is 5.84. The Morgan fingerprint density at radius 3 is 1.91 bits per heavy atom. The molecule has 0 saturated carbocycles. The minimum Gasteiger partial charge on any atom is -0.497 e. The first kappa shape index (κ1) is 10.4. The van der Waals surface area contributed by atoms with Crippen molar-refractivity contribution < 1.29 is 20.1 Å². The largest absolute Gasteiger partial charge is 0.497 e. The molecule has 0 aromatic heterocycles. The van der Waals surface area contributed by atoms with Crippen molar-refractivity contribution in [1.29, 1.82) is 0 Å². The molecule has 66 valence electrons. The summed E-state index contributed by atoms with van der Waals surface area (Å²) in [6.45, 7) is 2.18. The normalized spacial score (nSPS) is 16.1. The molecule has 1 rings (SSSR count). The van der Waals surface area contributed by atoms with Crippen molar-refractivity contribution in [3.05, 3.63) is 12.3 Å². The predicted molar refractivity (Wildman–Crippen MR) is 39.6 cm³/mol. The first-order valence-corrected chi connectivity index (χ1v) is 3.42. The van der Waals surface area contributed by atoms with Crippen LogP contribution >= 0.6 is 0 Å². The summed E-state index contributed by atoms with van der Waals surface area (Å²) >= 11 is 0. The zero-order valence-corrected chi connectivity index (χ0v) is 6.47. The molecular weight excluding hydrogens is 148 g/mol. The minimum absolute atomic E-state index is 0.183. The van der Waals surface area contributed by atoms with E-state index in [2.05, 4.69) is 4.74 Å². The maximum absolute atomic E-state index is 8.22.